The Hall–Kier alpha value is -1.19. The second-order valence-corrected chi connectivity index (χ2v) is 4.54. The first-order valence-electron chi connectivity index (χ1n) is 5.01. The second-order valence-electron chi connectivity index (χ2n) is 3.70. The van der Waals surface area contributed by atoms with E-state index in [1.54, 1.807) is 12.1 Å². The summed E-state index contributed by atoms with van der Waals surface area (Å²) in [5.41, 5.74) is 0.380. The molecular formula is C13H7Cl2F3. The van der Waals surface area contributed by atoms with Crippen LogP contribution in [0, 0.1) is 5.82 Å². The Balaban J connectivity index is 2.56. The fraction of sp³-hybridized carbons (Fsp3) is 0.0769. The Kier molecular flexibility index (Phi) is 3.83. The Morgan fingerprint density at radius 3 is 2.28 bits per heavy atom. The van der Waals surface area contributed by atoms with Crippen LogP contribution in [-0.2, 0) is 0 Å². The van der Waals surface area contributed by atoms with Crippen LogP contribution >= 0.6 is 23.2 Å². The minimum absolute atomic E-state index is 0.285. The van der Waals surface area contributed by atoms with Gasteiger partial charge in [-0.15, -0.1) is 0 Å². The van der Waals surface area contributed by atoms with Gasteiger partial charge in [-0.1, -0.05) is 29.3 Å². The van der Waals surface area contributed by atoms with E-state index in [1.165, 1.54) is 12.1 Å². The summed E-state index contributed by atoms with van der Waals surface area (Å²) in [4.78, 5) is 0. The first kappa shape index (κ1) is 13.2. The van der Waals surface area contributed by atoms with Gasteiger partial charge in [0.15, 0.2) is 0 Å². The van der Waals surface area contributed by atoms with Gasteiger partial charge >= 0.3 is 0 Å². The van der Waals surface area contributed by atoms with E-state index in [4.69, 9.17) is 23.2 Å². The minimum Gasteiger partial charge on any atom is -0.207 e. The molecule has 0 radical (unpaired) electrons. The molecule has 0 nitrogen and oxygen atoms in total. The van der Waals surface area contributed by atoms with Crippen molar-refractivity contribution in [1.82, 2.24) is 0 Å². The number of halogens is 5. The normalized spacial score (nSPS) is 11.0. The van der Waals surface area contributed by atoms with E-state index in [0.29, 0.717) is 16.1 Å². The Morgan fingerprint density at radius 2 is 1.67 bits per heavy atom. The third-order valence-electron chi connectivity index (χ3n) is 2.41. The largest absolute Gasteiger partial charge is 0.263 e. The molecule has 0 bridgehead atoms. The molecule has 0 N–H and O–H groups in total. The van der Waals surface area contributed by atoms with Gasteiger partial charge in [0.1, 0.15) is 5.82 Å². The molecule has 0 aromatic heterocycles. The molecule has 0 unspecified atom stereocenters. The molecule has 0 aliphatic rings. The van der Waals surface area contributed by atoms with E-state index in [2.05, 4.69) is 0 Å². The maximum absolute atomic E-state index is 13.3. The van der Waals surface area contributed by atoms with Crippen LogP contribution < -0.4 is 0 Å². The predicted molar refractivity (Wildman–Crippen MR) is 66.8 cm³/mol. The molecule has 94 valence electrons. The van der Waals surface area contributed by atoms with Crippen molar-refractivity contribution in [3.05, 3.63) is 57.8 Å². The first-order valence-corrected chi connectivity index (χ1v) is 5.77. The van der Waals surface area contributed by atoms with Crippen molar-refractivity contribution in [3.63, 3.8) is 0 Å². The van der Waals surface area contributed by atoms with Gasteiger partial charge in [-0.2, -0.15) is 0 Å². The lowest BCUT2D eigenvalue weighted by atomic mass is 10.0. The molecule has 0 fully saturated rings. The highest BCUT2D eigenvalue weighted by molar-refractivity contribution is 6.36. The predicted octanol–water partition coefficient (Wildman–Crippen LogP) is 5.74. The van der Waals surface area contributed by atoms with E-state index >= 15 is 0 Å². The molecule has 5 heteroatoms. The van der Waals surface area contributed by atoms with Gasteiger partial charge in [-0.25, -0.2) is 13.2 Å². The van der Waals surface area contributed by atoms with Crippen molar-refractivity contribution in [2.24, 2.45) is 0 Å². The summed E-state index contributed by atoms with van der Waals surface area (Å²) in [7, 11) is 0. The molecule has 0 aliphatic heterocycles. The van der Waals surface area contributed by atoms with Gasteiger partial charge in [0, 0.05) is 21.2 Å². The van der Waals surface area contributed by atoms with Crippen LogP contribution in [0.25, 0.3) is 11.1 Å². The molecule has 2 rings (SSSR count). The third kappa shape index (κ3) is 2.79. The van der Waals surface area contributed by atoms with Crippen LogP contribution in [-0.4, -0.2) is 0 Å². The zero-order valence-electron chi connectivity index (χ0n) is 8.93. The van der Waals surface area contributed by atoms with Crippen LogP contribution in [0.2, 0.25) is 10.0 Å². The monoisotopic (exact) mass is 290 g/mol. The van der Waals surface area contributed by atoms with Crippen LogP contribution in [0.15, 0.2) is 36.4 Å². The molecule has 0 aliphatic carbocycles. The van der Waals surface area contributed by atoms with Crippen molar-refractivity contribution in [3.8, 4) is 11.1 Å². The number of hydrogen-bond acceptors (Lipinski definition) is 0. The van der Waals surface area contributed by atoms with E-state index in [0.717, 1.165) is 12.1 Å². The van der Waals surface area contributed by atoms with Crippen molar-refractivity contribution < 1.29 is 13.2 Å². The maximum atomic E-state index is 13.3. The lowest BCUT2D eigenvalue weighted by molar-refractivity contribution is 0.151. The third-order valence-corrected chi connectivity index (χ3v) is 2.96. The van der Waals surface area contributed by atoms with Crippen molar-refractivity contribution in [2.45, 2.75) is 6.43 Å². The molecule has 0 saturated carbocycles. The molecule has 2 aromatic rings. The van der Waals surface area contributed by atoms with Crippen molar-refractivity contribution in [2.75, 3.05) is 0 Å². The Bertz CT molecular complexity index is 582. The van der Waals surface area contributed by atoms with Gasteiger partial charge in [-0.3, -0.25) is 0 Å². The topological polar surface area (TPSA) is 0 Å². The van der Waals surface area contributed by atoms with Crippen molar-refractivity contribution >= 4 is 23.2 Å². The smallest absolute Gasteiger partial charge is 0.207 e. The summed E-state index contributed by atoms with van der Waals surface area (Å²) in [6, 6.07) is 7.78. The zero-order valence-corrected chi connectivity index (χ0v) is 10.4. The molecule has 0 spiro atoms. The highest BCUT2D eigenvalue weighted by atomic mass is 35.5. The summed E-state index contributed by atoms with van der Waals surface area (Å²) in [6.07, 6.45) is -2.73. The SMILES string of the molecule is Fc1cc(-c2ccc(Cl)cc2Cl)cc(C(F)F)c1. The van der Waals surface area contributed by atoms with Crippen LogP contribution in [0.1, 0.15) is 12.0 Å². The number of rotatable bonds is 2. The summed E-state index contributed by atoms with van der Waals surface area (Å²) >= 11 is 11.7. The zero-order chi connectivity index (χ0) is 13.3. The first-order chi connectivity index (χ1) is 8.47. The quantitative estimate of drug-likeness (QED) is 0.662. The summed E-state index contributed by atoms with van der Waals surface area (Å²) in [6.45, 7) is 0. The average molecular weight is 291 g/mol. The maximum Gasteiger partial charge on any atom is 0.263 e. The molecular weight excluding hydrogens is 284 g/mol. The highest BCUT2D eigenvalue weighted by Gasteiger charge is 2.12. The Morgan fingerprint density at radius 1 is 0.944 bits per heavy atom. The lowest BCUT2D eigenvalue weighted by Gasteiger charge is -2.08. The van der Waals surface area contributed by atoms with Gasteiger partial charge in [0.2, 0.25) is 0 Å². The average Bonchev–Trinajstić information content (AvgIpc) is 2.27. The number of hydrogen-bond donors (Lipinski definition) is 0. The van der Waals surface area contributed by atoms with E-state index in [-0.39, 0.29) is 10.6 Å². The van der Waals surface area contributed by atoms with E-state index in [1.807, 2.05) is 0 Å². The summed E-state index contributed by atoms with van der Waals surface area (Å²) in [5, 5.41) is 0.711. The van der Waals surface area contributed by atoms with Crippen molar-refractivity contribution in [1.29, 1.82) is 0 Å². The minimum atomic E-state index is -2.73. The van der Waals surface area contributed by atoms with Gasteiger partial charge in [-0.05, 0) is 35.9 Å². The Labute approximate surface area is 112 Å². The summed E-state index contributed by atoms with van der Waals surface area (Å²) < 4.78 is 38.5. The molecule has 2 aromatic carbocycles. The van der Waals surface area contributed by atoms with E-state index in [9.17, 15) is 13.2 Å². The van der Waals surface area contributed by atoms with E-state index < -0.39 is 12.2 Å². The molecule has 18 heavy (non-hydrogen) atoms. The molecule has 0 amide bonds. The second kappa shape index (κ2) is 5.21. The van der Waals surface area contributed by atoms with Crippen LogP contribution in [0.3, 0.4) is 0 Å². The molecule has 0 saturated heterocycles. The van der Waals surface area contributed by atoms with Gasteiger partial charge < -0.3 is 0 Å². The summed E-state index contributed by atoms with van der Waals surface area (Å²) in [5.74, 6) is -0.728. The molecule has 0 atom stereocenters. The molecule has 0 heterocycles. The fourth-order valence-corrected chi connectivity index (χ4v) is 2.14. The van der Waals surface area contributed by atoms with Crippen LogP contribution in [0.5, 0.6) is 0 Å². The number of benzene rings is 2. The van der Waals surface area contributed by atoms with Gasteiger partial charge in [0.05, 0.1) is 0 Å². The fourth-order valence-electron chi connectivity index (χ4n) is 1.62. The standard InChI is InChI=1S/C13H7Cl2F3/c14-9-1-2-11(12(15)6-9)7-3-8(13(17)18)5-10(16)4-7/h1-6,13H. The highest BCUT2D eigenvalue weighted by Crippen LogP contribution is 2.33. The van der Waals surface area contributed by atoms with Gasteiger partial charge in [0.25, 0.3) is 6.43 Å². The lowest BCUT2D eigenvalue weighted by Crippen LogP contribution is -1.89. The number of alkyl halides is 2. The van der Waals surface area contributed by atoms with Crippen LogP contribution in [0.4, 0.5) is 13.2 Å².